The van der Waals surface area contributed by atoms with E-state index in [0.29, 0.717) is 5.92 Å². The van der Waals surface area contributed by atoms with Gasteiger partial charge in [0, 0.05) is 34.2 Å². The van der Waals surface area contributed by atoms with Gasteiger partial charge in [0.2, 0.25) is 0 Å². The Kier molecular flexibility index (Phi) is 6.57. The lowest BCUT2D eigenvalue weighted by molar-refractivity contribution is 0.822. The number of para-hydroxylation sites is 1. The van der Waals surface area contributed by atoms with Gasteiger partial charge in [-0.25, -0.2) is 0 Å². The van der Waals surface area contributed by atoms with Crippen molar-refractivity contribution in [2.75, 3.05) is 4.90 Å². The zero-order valence-electron chi connectivity index (χ0n) is 22.6. The number of allylic oxidation sites excluding steroid dienone is 10. The van der Waals surface area contributed by atoms with E-state index in [2.05, 4.69) is 139 Å². The Morgan fingerprint density at radius 3 is 2.65 bits per heavy atom. The lowest BCUT2D eigenvalue weighted by atomic mass is 9.88. The Labute approximate surface area is 243 Å². The van der Waals surface area contributed by atoms with Gasteiger partial charge in [0.05, 0.1) is 0 Å². The van der Waals surface area contributed by atoms with E-state index in [1.54, 1.807) is 5.57 Å². The van der Waals surface area contributed by atoms with Gasteiger partial charge in [-0.3, -0.25) is 0 Å². The molecule has 40 heavy (non-hydrogen) atoms. The SMILES string of the molecule is C=C1/C=C\C=C/Cc2ccccc2N1C1=CC(S)C(c2cccc(-c3ccc4c(c3)CC3=CC=CCC34)c2)C=C1. The van der Waals surface area contributed by atoms with E-state index in [4.69, 9.17) is 12.6 Å². The number of nitrogens with zero attached hydrogens (tertiary/aromatic N) is 1. The van der Waals surface area contributed by atoms with Gasteiger partial charge >= 0.3 is 0 Å². The number of anilines is 1. The van der Waals surface area contributed by atoms with Crippen molar-refractivity contribution in [2.24, 2.45) is 0 Å². The highest BCUT2D eigenvalue weighted by atomic mass is 32.1. The molecule has 1 heterocycles. The average Bonchev–Trinajstić information content (AvgIpc) is 3.38. The molecule has 196 valence electrons. The van der Waals surface area contributed by atoms with Crippen LogP contribution in [0.2, 0.25) is 0 Å². The maximum Gasteiger partial charge on any atom is 0.0496 e. The molecule has 1 nitrogen and oxygen atoms in total. The van der Waals surface area contributed by atoms with E-state index in [1.807, 2.05) is 0 Å². The van der Waals surface area contributed by atoms with Crippen LogP contribution in [0.4, 0.5) is 5.69 Å². The fourth-order valence-corrected chi connectivity index (χ4v) is 7.01. The Morgan fingerprint density at radius 2 is 1.73 bits per heavy atom. The van der Waals surface area contributed by atoms with Crippen molar-refractivity contribution < 1.29 is 0 Å². The molecule has 0 N–H and O–H groups in total. The molecule has 3 aromatic carbocycles. The molecule has 0 fully saturated rings. The number of fused-ring (bicyclic) bond motifs is 4. The summed E-state index contributed by atoms with van der Waals surface area (Å²) in [4.78, 5) is 2.26. The van der Waals surface area contributed by atoms with Crippen molar-refractivity contribution in [1.82, 2.24) is 0 Å². The summed E-state index contributed by atoms with van der Waals surface area (Å²) in [6, 6.07) is 24.7. The second-order valence-corrected chi connectivity index (χ2v) is 11.7. The topological polar surface area (TPSA) is 3.24 Å². The van der Waals surface area contributed by atoms with Gasteiger partial charge < -0.3 is 4.90 Å². The smallest absolute Gasteiger partial charge is 0.0496 e. The number of hydrogen-bond acceptors (Lipinski definition) is 2. The molecule has 1 aliphatic heterocycles. The van der Waals surface area contributed by atoms with Crippen LogP contribution in [0.5, 0.6) is 0 Å². The molecule has 3 aromatic rings. The van der Waals surface area contributed by atoms with Crippen LogP contribution < -0.4 is 4.90 Å². The molecule has 0 radical (unpaired) electrons. The third-order valence-electron chi connectivity index (χ3n) is 8.62. The molecule has 0 saturated carbocycles. The minimum atomic E-state index is 0.0486. The minimum Gasteiger partial charge on any atom is -0.311 e. The zero-order chi connectivity index (χ0) is 27.1. The van der Waals surface area contributed by atoms with Crippen LogP contribution in [0, 0.1) is 0 Å². The first-order valence-electron chi connectivity index (χ1n) is 14.2. The highest BCUT2D eigenvalue weighted by Gasteiger charge is 2.28. The predicted molar refractivity (Wildman–Crippen MR) is 173 cm³/mol. The van der Waals surface area contributed by atoms with E-state index < -0.39 is 0 Å². The summed E-state index contributed by atoms with van der Waals surface area (Å²) in [5.41, 5.74) is 12.9. The van der Waals surface area contributed by atoms with Crippen molar-refractivity contribution in [2.45, 2.75) is 36.3 Å². The Balaban J connectivity index is 1.17. The number of thiol groups is 1. The summed E-state index contributed by atoms with van der Waals surface area (Å²) in [7, 11) is 0. The third-order valence-corrected chi connectivity index (χ3v) is 9.09. The molecule has 0 aromatic heterocycles. The number of hydrogen-bond donors (Lipinski definition) is 1. The fourth-order valence-electron chi connectivity index (χ4n) is 6.59. The first-order chi connectivity index (χ1) is 19.7. The van der Waals surface area contributed by atoms with Crippen LogP contribution in [-0.4, -0.2) is 5.25 Å². The Hall–Kier alpha value is -4.01. The summed E-state index contributed by atoms with van der Waals surface area (Å²) in [6.07, 6.45) is 25.2. The summed E-state index contributed by atoms with van der Waals surface area (Å²) in [5, 5.41) is 0.0486. The van der Waals surface area contributed by atoms with E-state index in [0.717, 1.165) is 30.7 Å². The molecular weight excluding hydrogens is 502 g/mol. The third kappa shape index (κ3) is 4.57. The van der Waals surface area contributed by atoms with Gasteiger partial charge in [-0.15, -0.1) is 0 Å². The lowest BCUT2D eigenvalue weighted by Crippen LogP contribution is -2.24. The van der Waals surface area contributed by atoms with E-state index in [-0.39, 0.29) is 11.2 Å². The number of rotatable bonds is 3. The molecule has 4 aliphatic rings. The Bertz CT molecular complexity index is 1680. The molecule has 3 atom stereocenters. The van der Waals surface area contributed by atoms with E-state index in [1.165, 1.54) is 39.1 Å². The monoisotopic (exact) mass is 535 g/mol. The van der Waals surface area contributed by atoms with Gasteiger partial charge in [0.1, 0.15) is 0 Å². The minimum absolute atomic E-state index is 0.0486. The highest BCUT2D eigenvalue weighted by Crippen LogP contribution is 2.43. The standard InChI is InChI=1S/C38H33NS/c1-26-10-3-2-4-11-27-12-6-8-17-37(27)39(26)33-19-21-36(38(40)25-33)31-15-9-14-28(22-31)29-18-20-35-32(23-29)24-30-13-5-7-16-34(30)35/h2-10,12-15,17-23,25,34,36,38,40H,1,11,16,24H2/b4-2-,10-3-. The lowest BCUT2D eigenvalue weighted by Gasteiger charge is -2.32. The molecule has 7 rings (SSSR count). The van der Waals surface area contributed by atoms with Crippen LogP contribution in [-0.2, 0) is 12.8 Å². The summed E-state index contributed by atoms with van der Waals surface area (Å²) >= 11 is 5.11. The van der Waals surface area contributed by atoms with Gasteiger partial charge in [-0.1, -0.05) is 115 Å². The van der Waals surface area contributed by atoms with Crippen molar-refractivity contribution >= 4 is 18.3 Å². The molecule has 0 spiro atoms. The molecule has 0 amide bonds. The van der Waals surface area contributed by atoms with Crippen molar-refractivity contribution in [1.29, 1.82) is 0 Å². The van der Waals surface area contributed by atoms with Gasteiger partial charge in [0.25, 0.3) is 0 Å². The molecule has 0 bridgehead atoms. The van der Waals surface area contributed by atoms with E-state index >= 15 is 0 Å². The van der Waals surface area contributed by atoms with Crippen LogP contribution >= 0.6 is 12.6 Å². The van der Waals surface area contributed by atoms with Crippen LogP contribution in [0.25, 0.3) is 11.1 Å². The maximum absolute atomic E-state index is 5.11. The van der Waals surface area contributed by atoms with E-state index in [9.17, 15) is 0 Å². The molecule has 2 heteroatoms. The maximum atomic E-state index is 5.11. The van der Waals surface area contributed by atoms with Crippen molar-refractivity contribution in [3.05, 3.63) is 173 Å². The molecule has 3 aliphatic carbocycles. The largest absolute Gasteiger partial charge is 0.311 e. The van der Waals surface area contributed by atoms with Gasteiger partial charge in [-0.05, 0) is 76.9 Å². The van der Waals surface area contributed by atoms with Crippen LogP contribution in [0.15, 0.2) is 151 Å². The quantitative estimate of drug-likeness (QED) is 0.327. The van der Waals surface area contributed by atoms with Gasteiger partial charge in [0.15, 0.2) is 0 Å². The van der Waals surface area contributed by atoms with Gasteiger partial charge in [-0.2, -0.15) is 12.6 Å². The summed E-state index contributed by atoms with van der Waals surface area (Å²) in [6.45, 7) is 4.41. The van der Waals surface area contributed by atoms with Crippen LogP contribution in [0.3, 0.4) is 0 Å². The highest BCUT2D eigenvalue weighted by molar-refractivity contribution is 7.81. The Morgan fingerprint density at radius 1 is 0.825 bits per heavy atom. The zero-order valence-corrected chi connectivity index (χ0v) is 23.5. The molecular formula is C38H33NS. The summed E-state index contributed by atoms with van der Waals surface area (Å²) in [5.74, 6) is 0.769. The van der Waals surface area contributed by atoms with Crippen LogP contribution in [0.1, 0.15) is 40.5 Å². The average molecular weight is 536 g/mol. The predicted octanol–water partition coefficient (Wildman–Crippen LogP) is 9.40. The second kappa shape index (κ2) is 10.5. The molecule has 3 unspecified atom stereocenters. The normalized spacial score (nSPS) is 24.6. The van der Waals surface area contributed by atoms with Crippen molar-refractivity contribution in [3.63, 3.8) is 0 Å². The number of benzene rings is 3. The summed E-state index contributed by atoms with van der Waals surface area (Å²) < 4.78 is 0. The molecule has 0 saturated heterocycles. The first kappa shape index (κ1) is 25.0. The fraction of sp³-hybridized carbons (Fsp3) is 0.158. The second-order valence-electron chi connectivity index (χ2n) is 11.1. The van der Waals surface area contributed by atoms with Crippen molar-refractivity contribution in [3.8, 4) is 11.1 Å². The first-order valence-corrected chi connectivity index (χ1v) is 14.7.